The van der Waals surface area contributed by atoms with Gasteiger partial charge in [0.05, 0.1) is 0 Å². The molecule has 0 spiro atoms. The van der Waals surface area contributed by atoms with Crippen LogP contribution in [0.2, 0.25) is 0 Å². The second-order valence-electron chi connectivity index (χ2n) is 4.33. The van der Waals surface area contributed by atoms with E-state index in [0.717, 1.165) is 17.7 Å². The minimum absolute atomic E-state index is 0.268. The van der Waals surface area contributed by atoms with Crippen LogP contribution in [0.4, 0.5) is 0 Å². The number of ether oxygens (including phenoxy) is 1. The van der Waals surface area contributed by atoms with Crippen LogP contribution in [0.25, 0.3) is 0 Å². The van der Waals surface area contributed by atoms with E-state index < -0.39 is 0 Å². The van der Waals surface area contributed by atoms with Crippen LogP contribution in [0, 0.1) is 0 Å². The van der Waals surface area contributed by atoms with Gasteiger partial charge in [-0.1, -0.05) is 19.9 Å². The van der Waals surface area contributed by atoms with Gasteiger partial charge in [-0.05, 0) is 18.1 Å². The van der Waals surface area contributed by atoms with Gasteiger partial charge in [0.1, 0.15) is 18.1 Å². The summed E-state index contributed by atoms with van der Waals surface area (Å²) in [5.74, 6) is 1.08. The number of phenolic OH excluding ortho intramolecular Hbond substituents is 1. The second kappa shape index (κ2) is 4.11. The van der Waals surface area contributed by atoms with E-state index in [2.05, 4.69) is 19.2 Å². The molecule has 1 aromatic carbocycles. The molecule has 3 heteroatoms. The zero-order chi connectivity index (χ0) is 10.8. The van der Waals surface area contributed by atoms with Gasteiger partial charge in [0.2, 0.25) is 0 Å². The smallest absolute Gasteiger partial charge is 0.126 e. The van der Waals surface area contributed by atoms with Crippen LogP contribution in [0.1, 0.15) is 19.4 Å². The number of phenols is 1. The highest BCUT2D eigenvalue weighted by Gasteiger charge is 2.20. The maximum Gasteiger partial charge on any atom is 0.126 e. The Morgan fingerprint density at radius 3 is 3.00 bits per heavy atom. The van der Waals surface area contributed by atoms with Crippen molar-refractivity contribution in [3.63, 3.8) is 0 Å². The van der Waals surface area contributed by atoms with Crippen molar-refractivity contribution < 1.29 is 9.84 Å². The fourth-order valence-corrected chi connectivity index (χ4v) is 1.94. The zero-order valence-corrected chi connectivity index (χ0v) is 9.16. The molecule has 1 heterocycles. The van der Waals surface area contributed by atoms with Crippen LogP contribution in [-0.4, -0.2) is 23.8 Å². The molecule has 1 aliphatic heterocycles. The molecule has 0 bridgehead atoms. The lowest BCUT2D eigenvalue weighted by Crippen LogP contribution is -2.42. The second-order valence-corrected chi connectivity index (χ2v) is 4.33. The fraction of sp³-hybridized carbons (Fsp3) is 0.500. The molecule has 0 radical (unpaired) electrons. The molecule has 0 aromatic heterocycles. The highest BCUT2D eigenvalue weighted by molar-refractivity contribution is 5.41. The highest BCUT2D eigenvalue weighted by atomic mass is 16.5. The Bertz CT molecular complexity index is 349. The molecule has 0 amide bonds. The molecule has 15 heavy (non-hydrogen) atoms. The van der Waals surface area contributed by atoms with Gasteiger partial charge < -0.3 is 15.2 Å². The van der Waals surface area contributed by atoms with E-state index in [1.807, 2.05) is 6.07 Å². The van der Waals surface area contributed by atoms with Crippen LogP contribution < -0.4 is 10.1 Å². The topological polar surface area (TPSA) is 41.5 Å². The van der Waals surface area contributed by atoms with Gasteiger partial charge in [-0.25, -0.2) is 0 Å². The molecule has 0 saturated carbocycles. The van der Waals surface area contributed by atoms with Crippen molar-refractivity contribution in [2.45, 2.75) is 32.4 Å². The molecular formula is C12H17NO2. The number of fused-ring (bicyclic) bond motifs is 1. The Morgan fingerprint density at radius 1 is 1.47 bits per heavy atom. The summed E-state index contributed by atoms with van der Waals surface area (Å²) >= 11 is 0. The monoisotopic (exact) mass is 207 g/mol. The molecule has 1 atom stereocenters. The van der Waals surface area contributed by atoms with Crippen LogP contribution in [0.15, 0.2) is 18.2 Å². The number of hydrogen-bond acceptors (Lipinski definition) is 3. The van der Waals surface area contributed by atoms with E-state index in [4.69, 9.17) is 4.74 Å². The quantitative estimate of drug-likeness (QED) is 0.775. The molecule has 3 nitrogen and oxygen atoms in total. The maximum absolute atomic E-state index is 9.30. The Kier molecular flexibility index (Phi) is 2.82. The molecular weight excluding hydrogens is 190 g/mol. The van der Waals surface area contributed by atoms with E-state index in [0.29, 0.717) is 18.7 Å². The average Bonchev–Trinajstić information content (AvgIpc) is 2.17. The van der Waals surface area contributed by atoms with Crippen molar-refractivity contribution in [3.8, 4) is 11.5 Å². The fourth-order valence-electron chi connectivity index (χ4n) is 1.94. The summed E-state index contributed by atoms with van der Waals surface area (Å²) in [5.41, 5.74) is 1.16. The van der Waals surface area contributed by atoms with E-state index >= 15 is 0 Å². The Morgan fingerprint density at radius 2 is 2.27 bits per heavy atom. The minimum atomic E-state index is 0.268. The zero-order valence-electron chi connectivity index (χ0n) is 9.16. The normalized spacial score (nSPS) is 19.8. The Labute approximate surface area is 90.1 Å². The van der Waals surface area contributed by atoms with Gasteiger partial charge in [-0.2, -0.15) is 0 Å². The molecule has 82 valence electrons. The summed E-state index contributed by atoms with van der Waals surface area (Å²) in [6, 6.07) is 6.17. The van der Waals surface area contributed by atoms with Crippen LogP contribution in [0.5, 0.6) is 11.5 Å². The number of nitrogens with one attached hydrogen (secondary N) is 1. The van der Waals surface area contributed by atoms with Crippen molar-refractivity contribution in [2.24, 2.45) is 0 Å². The summed E-state index contributed by atoms with van der Waals surface area (Å²) in [6.07, 6.45) is 0.966. The summed E-state index contributed by atoms with van der Waals surface area (Å²) in [5, 5.41) is 12.8. The van der Waals surface area contributed by atoms with Crippen molar-refractivity contribution >= 4 is 0 Å². The van der Waals surface area contributed by atoms with E-state index in [-0.39, 0.29) is 5.75 Å². The van der Waals surface area contributed by atoms with E-state index in [9.17, 15) is 5.11 Å². The standard InChI is InChI=1S/C12H17NO2/c1-8(2)13-10-5-9-3-4-11(14)6-12(9)15-7-10/h3-4,6,8,10,13-14H,5,7H2,1-2H3. The van der Waals surface area contributed by atoms with Crippen LogP contribution in [-0.2, 0) is 6.42 Å². The van der Waals surface area contributed by atoms with Gasteiger partial charge in [-0.3, -0.25) is 0 Å². The first-order valence-electron chi connectivity index (χ1n) is 5.36. The van der Waals surface area contributed by atoms with Gasteiger partial charge in [0.25, 0.3) is 0 Å². The Balaban J connectivity index is 2.10. The molecule has 2 N–H and O–H groups in total. The van der Waals surface area contributed by atoms with Crippen LogP contribution in [0.3, 0.4) is 0 Å². The summed E-state index contributed by atoms with van der Waals surface area (Å²) < 4.78 is 5.60. The molecule has 0 aliphatic carbocycles. The van der Waals surface area contributed by atoms with E-state index in [1.165, 1.54) is 0 Å². The first kappa shape index (κ1) is 10.3. The summed E-state index contributed by atoms with van der Waals surface area (Å²) in [4.78, 5) is 0. The molecule has 0 saturated heterocycles. The third-order valence-corrected chi connectivity index (χ3v) is 2.53. The Hall–Kier alpha value is -1.22. The first-order valence-corrected chi connectivity index (χ1v) is 5.36. The van der Waals surface area contributed by atoms with Gasteiger partial charge >= 0.3 is 0 Å². The predicted molar refractivity (Wildman–Crippen MR) is 59.4 cm³/mol. The molecule has 1 unspecified atom stereocenters. The average molecular weight is 207 g/mol. The molecule has 0 fully saturated rings. The third-order valence-electron chi connectivity index (χ3n) is 2.53. The lowest BCUT2D eigenvalue weighted by Gasteiger charge is -2.27. The number of aromatic hydroxyl groups is 1. The van der Waals surface area contributed by atoms with Crippen molar-refractivity contribution in [1.82, 2.24) is 5.32 Å². The lowest BCUT2D eigenvalue weighted by molar-refractivity contribution is 0.230. The van der Waals surface area contributed by atoms with Crippen molar-refractivity contribution in [2.75, 3.05) is 6.61 Å². The highest BCUT2D eigenvalue weighted by Crippen LogP contribution is 2.28. The summed E-state index contributed by atoms with van der Waals surface area (Å²) in [7, 11) is 0. The predicted octanol–water partition coefficient (Wildman–Crippen LogP) is 1.69. The lowest BCUT2D eigenvalue weighted by atomic mass is 10.0. The molecule has 2 rings (SSSR count). The first-order chi connectivity index (χ1) is 7.15. The van der Waals surface area contributed by atoms with Crippen molar-refractivity contribution in [3.05, 3.63) is 23.8 Å². The molecule has 1 aliphatic rings. The number of hydrogen-bond donors (Lipinski definition) is 2. The number of rotatable bonds is 2. The molecule has 1 aromatic rings. The largest absolute Gasteiger partial charge is 0.508 e. The minimum Gasteiger partial charge on any atom is -0.508 e. The van der Waals surface area contributed by atoms with Gasteiger partial charge in [-0.15, -0.1) is 0 Å². The third kappa shape index (κ3) is 2.42. The van der Waals surface area contributed by atoms with Gasteiger partial charge in [0, 0.05) is 18.2 Å². The SMILES string of the molecule is CC(C)NC1COc2cc(O)ccc2C1. The maximum atomic E-state index is 9.30. The summed E-state index contributed by atoms with van der Waals surface area (Å²) in [6.45, 7) is 4.94. The number of benzene rings is 1. The van der Waals surface area contributed by atoms with Crippen LogP contribution >= 0.6 is 0 Å². The van der Waals surface area contributed by atoms with E-state index in [1.54, 1.807) is 12.1 Å². The van der Waals surface area contributed by atoms with Gasteiger partial charge in [0.15, 0.2) is 0 Å². The van der Waals surface area contributed by atoms with Crippen molar-refractivity contribution in [1.29, 1.82) is 0 Å².